The predicted octanol–water partition coefficient (Wildman–Crippen LogP) is 3.17. The van der Waals surface area contributed by atoms with E-state index in [0.29, 0.717) is 6.54 Å². The molecule has 1 heterocycles. The molecule has 0 spiro atoms. The van der Waals surface area contributed by atoms with Gasteiger partial charge in [0.1, 0.15) is 5.82 Å². The van der Waals surface area contributed by atoms with Crippen LogP contribution in [0.4, 0.5) is 10.1 Å². The molecule has 1 aliphatic rings. The molecule has 1 aliphatic heterocycles. The first-order valence-corrected chi connectivity index (χ1v) is 6.88. The summed E-state index contributed by atoms with van der Waals surface area (Å²) in [7, 11) is 1.88. The summed E-state index contributed by atoms with van der Waals surface area (Å²) in [5.74, 6) is 0.680. The van der Waals surface area contributed by atoms with Gasteiger partial charge in [0.25, 0.3) is 0 Å². The third kappa shape index (κ3) is 3.22. The van der Waals surface area contributed by atoms with E-state index in [4.69, 9.17) is 0 Å². The fraction of sp³-hybridized carbons (Fsp3) is 0.600. The Bertz CT molecular complexity index is 392. The highest BCUT2D eigenvalue weighted by atomic mass is 19.1. The minimum atomic E-state index is -0.0858. The van der Waals surface area contributed by atoms with E-state index in [1.165, 1.54) is 12.8 Å². The third-order valence-corrected chi connectivity index (χ3v) is 3.75. The topological polar surface area (TPSA) is 15.3 Å². The zero-order valence-electron chi connectivity index (χ0n) is 11.4. The lowest BCUT2D eigenvalue weighted by Gasteiger charge is -2.23. The lowest BCUT2D eigenvalue weighted by Crippen LogP contribution is -2.25. The highest BCUT2D eigenvalue weighted by Crippen LogP contribution is 2.25. The second kappa shape index (κ2) is 6.19. The summed E-state index contributed by atoms with van der Waals surface area (Å²) in [5, 5.41) is 3.05. The smallest absolute Gasteiger partial charge is 0.146 e. The van der Waals surface area contributed by atoms with Gasteiger partial charge in [0.15, 0.2) is 0 Å². The van der Waals surface area contributed by atoms with Crippen molar-refractivity contribution < 1.29 is 4.39 Å². The molecule has 1 saturated heterocycles. The summed E-state index contributed by atoms with van der Waals surface area (Å²) in [4.78, 5) is 2.20. The van der Waals surface area contributed by atoms with Gasteiger partial charge >= 0.3 is 0 Å². The van der Waals surface area contributed by atoms with E-state index in [1.54, 1.807) is 6.07 Å². The van der Waals surface area contributed by atoms with Crippen LogP contribution in [0.3, 0.4) is 0 Å². The second-order valence-electron chi connectivity index (χ2n) is 5.34. The van der Waals surface area contributed by atoms with Crippen molar-refractivity contribution in [3.63, 3.8) is 0 Å². The number of nitrogens with zero attached hydrogens (tertiary/aromatic N) is 1. The molecule has 0 amide bonds. The highest BCUT2D eigenvalue weighted by Gasteiger charge is 2.16. The maximum atomic E-state index is 14.1. The zero-order valence-corrected chi connectivity index (χ0v) is 11.4. The molecule has 1 N–H and O–H groups in total. The van der Waals surface area contributed by atoms with Crippen LogP contribution >= 0.6 is 0 Å². The number of nitrogens with one attached hydrogen (secondary N) is 1. The first-order valence-electron chi connectivity index (χ1n) is 6.88. The molecule has 1 aromatic carbocycles. The number of anilines is 1. The van der Waals surface area contributed by atoms with Crippen molar-refractivity contribution in [1.82, 2.24) is 5.32 Å². The summed E-state index contributed by atoms with van der Waals surface area (Å²) >= 11 is 0. The van der Waals surface area contributed by atoms with Gasteiger partial charge in [-0.15, -0.1) is 0 Å². The van der Waals surface area contributed by atoms with Crippen molar-refractivity contribution in [2.45, 2.75) is 32.7 Å². The molecule has 18 heavy (non-hydrogen) atoms. The molecule has 0 radical (unpaired) electrons. The van der Waals surface area contributed by atoms with E-state index < -0.39 is 0 Å². The highest BCUT2D eigenvalue weighted by molar-refractivity contribution is 5.49. The number of hydrogen-bond acceptors (Lipinski definition) is 2. The fourth-order valence-corrected chi connectivity index (χ4v) is 2.62. The third-order valence-electron chi connectivity index (χ3n) is 3.75. The molecule has 1 unspecified atom stereocenters. The van der Waals surface area contributed by atoms with Crippen molar-refractivity contribution >= 4 is 5.69 Å². The Balaban J connectivity index is 2.12. The van der Waals surface area contributed by atoms with Crippen LogP contribution in [0.15, 0.2) is 18.2 Å². The van der Waals surface area contributed by atoms with E-state index in [9.17, 15) is 4.39 Å². The van der Waals surface area contributed by atoms with Gasteiger partial charge in [-0.1, -0.05) is 13.0 Å². The average molecular weight is 250 g/mol. The average Bonchev–Trinajstić information content (AvgIpc) is 2.55. The molecule has 2 nitrogen and oxygen atoms in total. The summed E-state index contributed by atoms with van der Waals surface area (Å²) in [5.41, 5.74) is 1.77. The summed E-state index contributed by atoms with van der Waals surface area (Å²) in [6, 6.07) is 5.60. The normalized spacial score (nSPS) is 20.8. The van der Waals surface area contributed by atoms with Gasteiger partial charge in [0.05, 0.1) is 5.69 Å². The van der Waals surface area contributed by atoms with Crippen molar-refractivity contribution in [3.05, 3.63) is 29.6 Å². The molecular formula is C15H23FN2. The van der Waals surface area contributed by atoms with Gasteiger partial charge in [0, 0.05) is 19.6 Å². The standard InChI is InChI=1S/C15H23FN2/c1-12-4-3-8-18(9-7-12)15-6-5-13(11-17-2)10-14(15)16/h5-6,10,12,17H,3-4,7-9,11H2,1-2H3. The van der Waals surface area contributed by atoms with E-state index in [2.05, 4.69) is 17.1 Å². The molecule has 1 atom stereocenters. The molecule has 100 valence electrons. The maximum Gasteiger partial charge on any atom is 0.146 e. The molecule has 0 aromatic heterocycles. The van der Waals surface area contributed by atoms with Crippen molar-refractivity contribution in [1.29, 1.82) is 0 Å². The first-order chi connectivity index (χ1) is 8.70. The number of benzene rings is 1. The molecule has 1 fully saturated rings. The van der Waals surface area contributed by atoms with Gasteiger partial charge in [0.2, 0.25) is 0 Å². The van der Waals surface area contributed by atoms with Gasteiger partial charge < -0.3 is 10.2 Å². The van der Waals surface area contributed by atoms with Crippen LogP contribution in [0.5, 0.6) is 0 Å². The van der Waals surface area contributed by atoms with E-state index in [1.807, 2.05) is 19.2 Å². The van der Waals surface area contributed by atoms with Gasteiger partial charge in [-0.3, -0.25) is 0 Å². The summed E-state index contributed by atoms with van der Waals surface area (Å²) in [6.07, 6.45) is 3.59. The quantitative estimate of drug-likeness (QED) is 0.886. The first kappa shape index (κ1) is 13.3. The Hall–Kier alpha value is -1.09. The molecule has 0 saturated carbocycles. The minimum absolute atomic E-state index is 0.0858. The Morgan fingerprint density at radius 1 is 1.33 bits per heavy atom. The Labute approximate surface area is 109 Å². The van der Waals surface area contributed by atoms with Crippen LogP contribution in [0, 0.1) is 11.7 Å². The monoisotopic (exact) mass is 250 g/mol. The van der Waals surface area contributed by atoms with Crippen LogP contribution in [0.2, 0.25) is 0 Å². The number of rotatable bonds is 3. The van der Waals surface area contributed by atoms with Crippen LogP contribution in [-0.2, 0) is 6.54 Å². The second-order valence-corrected chi connectivity index (χ2v) is 5.34. The lowest BCUT2D eigenvalue weighted by atomic mass is 10.0. The van der Waals surface area contributed by atoms with Crippen LogP contribution in [0.25, 0.3) is 0 Å². The van der Waals surface area contributed by atoms with E-state index in [0.717, 1.165) is 36.7 Å². The maximum absolute atomic E-state index is 14.1. The van der Waals surface area contributed by atoms with Gasteiger partial charge in [-0.25, -0.2) is 4.39 Å². The summed E-state index contributed by atoms with van der Waals surface area (Å²) in [6.45, 7) is 4.96. The van der Waals surface area contributed by atoms with Crippen LogP contribution < -0.4 is 10.2 Å². The Morgan fingerprint density at radius 3 is 2.89 bits per heavy atom. The van der Waals surface area contributed by atoms with Crippen LogP contribution in [0.1, 0.15) is 31.7 Å². The SMILES string of the molecule is CNCc1ccc(N2CCCC(C)CC2)c(F)c1. The largest absolute Gasteiger partial charge is 0.369 e. The lowest BCUT2D eigenvalue weighted by molar-refractivity contribution is 0.520. The van der Waals surface area contributed by atoms with Crippen molar-refractivity contribution in [2.24, 2.45) is 5.92 Å². The van der Waals surface area contributed by atoms with Crippen molar-refractivity contribution in [3.8, 4) is 0 Å². The Morgan fingerprint density at radius 2 is 2.17 bits per heavy atom. The molecule has 0 aliphatic carbocycles. The van der Waals surface area contributed by atoms with Crippen LogP contribution in [-0.4, -0.2) is 20.1 Å². The molecular weight excluding hydrogens is 227 g/mol. The molecule has 2 rings (SSSR count). The van der Waals surface area contributed by atoms with E-state index >= 15 is 0 Å². The number of halogens is 1. The fourth-order valence-electron chi connectivity index (χ4n) is 2.62. The van der Waals surface area contributed by atoms with Gasteiger partial charge in [-0.05, 0) is 49.9 Å². The summed E-state index contributed by atoms with van der Waals surface area (Å²) < 4.78 is 14.1. The zero-order chi connectivity index (χ0) is 13.0. The van der Waals surface area contributed by atoms with Gasteiger partial charge in [-0.2, -0.15) is 0 Å². The predicted molar refractivity (Wildman–Crippen MR) is 74.4 cm³/mol. The van der Waals surface area contributed by atoms with E-state index in [-0.39, 0.29) is 5.82 Å². The van der Waals surface area contributed by atoms with Crippen molar-refractivity contribution in [2.75, 3.05) is 25.0 Å². The minimum Gasteiger partial charge on any atom is -0.369 e. The molecule has 1 aromatic rings. The molecule has 3 heteroatoms. The number of hydrogen-bond donors (Lipinski definition) is 1. The molecule has 0 bridgehead atoms. The Kier molecular flexibility index (Phi) is 4.59.